The van der Waals surface area contributed by atoms with Crippen LogP contribution < -0.4 is 10.1 Å². The zero-order valence-electron chi connectivity index (χ0n) is 24.9. The highest BCUT2D eigenvalue weighted by Gasteiger charge is 2.39. The van der Waals surface area contributed by atoms with Gasteiger partial charge in [0.2, 0.25) is 5.91 Å². The smallest absolute Gasteiger partial charge is 0.328 e. The van der Waals surface area contributed by atoms with E-state index in [0.29, 0.717) is 17.2 Å². The minimum Gasteiger partial charge on any atom is -0.495 e. The topological polar surface area (TPSA) is 86.8 Å². The molecule has 1 aromatic carbocycles. The van der Waals surface area contributed by atoms with Crippen molar-refractivity contribution in [3.05, 3.63) is 77.1 Å². The van der Waals surface area contributed by atoms with Gasteiger partial charge in [-0.15, -0.1) is 0 Å². The Bertz CT molecular complexity index is 1180. The molecule has 218 valence electrons. The number of hydrogen-bond acceptors (Lipinski definition) is 6. The predicted molar refractivity (Wildman–Crippen MR) is 164 cm³/mol. The molecule has 0 saturated carbocycles. The molecule has 0 aliphatic heterocycles. The van der Waals surface area contributed by atoms with Gasteiger partial charge in [-0.3, -0.25) is 9.78 Å². The van der Waals surface area contributed by atoms with Gasteiger partial charge < -0.3 is 19.2 Å². The average Bonchev–Trinajstić information content (AvgIpc) is 2.90. The molecule has 3 atom stereocenters. The van der Waals surface area contributed by atoms with Gasteiger partial charge in [0.1, 0.15) is 11.8 Å². The average molecular weight is 587 g/mol. The van der Waals surface area contributed by atoms with Crippen LogP contribution in [0.15, 0.2) is 60.8 Å². The third-order valence-electron chi connectivity index (χ3n) is 7.19. The van der Waals surface area contributed by atoms with E-state index in [1.807, 2.05) is 24.3 Å². The molecular formula is C31H43ClN2O5Si. The maximum atomic E-state index is 12.8. The molecule has 0 radical (unpaired) electrons. The van der Waals surface area contributed by atoms with Crippen molar-refractivity contribution in [1.29, 1.82) is 0 Å². The number of nitrogens with zero attached hydrogens (tertiary/aromatic N) is 1. The van der Waals surface area contributed by atoms with E-state index in [1.165, 1.54) is 20.3 Å². The van der Waals surface area contributed by atoms with Gasteiger partial charge in [-0.1, -0.05) is 63.6 Å². The normalized spacial score (nSPS) is 14.6. The van der Waals surface area contributed by atoms with Crippen molar-refractivity contribution in [2.75, 3.05) is 14.2 Å². The summed E-state index contributed by atoms with van der Waals surface area (Å²) in [5, 5.41) is 3.22. The Kier molecular flexibility index (Phi) is 12.6. The van der Waals surface area contributed by atoms with Gasteiger partial charge in [0, 0.05) is 12.6 Å². The van der Waals surface area contributed by atoms with E-state index in [4.69, 9.17) is 25.5 Å². The first-order valence-electron chi connectivity index (χ1n) is 13.4. The Balaban J connectivity index is 2.14. The molecule has 40 heavy (non-hydrogen) atoms. The van der Waals surface area contributed by atoms with Crippen LogP contribution in [0.3, 0.4) is 0 Å². The standard InChI is InChI=1S/C31H43ClN2O5Si/c1-22(15-17-24-12-9-10-19-33-24)27(39-40(7,8)31(2,3)4)13-11-14-29(35)34-26(30(36)38-6)21-23-16-18-28(37-5)25(32)20-23/h9-12,14-20,22,26-27H,13,21H2,1-8H3,(H,34,35)/b14-11+,17-15+/t22-,26-,27+/m1/s1. The molecule has 0 saturated heterocycles. The van der Waals surface area contributed by atoms with Gasteiger partial charge >= 0.3 is 5.97 Å². The van der Waals surface area contributed by atoms with Crippen LogP contribution in [-0.4, -0.2) is 51.5 Å². The molecule has 2 aromatic rings. The Morgan fingerprint density at radius 1 is 1.15 bits per heavy atom. The van der Waals surface area contributed by atoms with Crippen LogP contribution >= 0.6 is 11.6 Å². The quantitative estimate of drug-likeness (QED) is 0.161. The van der Waals surface area contributed by atoms with Crippen LogP contribution in [-0.2, 0) is 25.2 Å². The lowest BCUT2D eigenvalue weighted by molar-refractivity contribution is -0.144. The molecular weight excluding hydrogens is 544 g/mol. The van der Waals surface area contributed by atoms with Crippen LogP contribution in [0.4, 0.5) is 0 Å². The number of ether oxygens (including phenoxy) is 2. The predicted octanol–water partition coefficient (Wildman–Crippen LogP) is 6.63. The van der Waals surface area contributed by atoms with Crippen LogP contribution in [0, 0.1) is 5.92 Å². The van der Waals surface area contributed by atoms with E-state index < -0.39 is 26.2 Å². The second kappa shape index (κ2) is 15.2. The second-order valence-electron chi connectivity index (χ2n) is 11.3. The number of halogens is 1. The van der Waals surface area contributed by atoms with E-state index in [9.17, 15) is 9.59 Å². The van der Waals surface area contributed by atoms with Crippen molar-refractivity contribution < 1.29 is 23.5 Å². The van der Waals surface area contributed by atoms with Gasteiger partial charge in [-0.25, -0.2) is 4.79 Å². The molecule has 1 aromatic heterocycles. The van der Waals surface area contributed by atoms with Gasteiger partial charge in [0.05, 0.1) is 31.0 Å². The van der Waals surface area contributed by atoms with Crippen LogP contribution in [0.1, 0.15) is 45.4 Å². The minimum atomic E-state index is -2.08. The van der Waals surface area contributed by atoms with Crippen molar-refractivity contribution in [3.63, 3.8) is 0 Å². The van der Waals surface area contributed by atoms with E-state index in [0.717, 1.165) is 11.3 Å². The molecule has 1 heterocycles. The molecule has 0 spiro atoms. The SMILES string of the molecule is COC(=O)[C@@H](Cc1ccc(OC)c(Cl)c1)NC(=O)/C=C/C[C@H](O[Si](C)(C)C(C)(C)C)[C@H](C)/C=C/c1ccccn1. The fraction of sp³-hybridized carbons (Fsp3) is 0.452. The summed E-state index contributed by atoms with van der Waals surface area (Å²) in [4.78, 5) is 29.6. The van der Waals surface area contributed by atoms with Crippen LogP contribution in [0.2, 0.25) is 23.2 Å². The summed E-state index contributed by atoms with van der Waals surface area (Å²) in [7, 11) is 0.742. The number of esters is 1. The highest BCUT2D eigenvalue weighted by Crippen LogP contribution is 2.38. The number of amides is 1. The lowest BCUT2D eigenvalue weighted by Crippen LogP contribution is -2.45. The molecule has 9 heteroatoms. The number of hydrogen-bond donors (Lipinski definition) is 1. The Labute approximate surface area is 245 Å². The maximum Gasteiger partial charge on any atom is 0.328 e. The van der Waals surface area contributed by atoms with E-state index in [-0.39, 0.29) is 23.5 Å². The maximum absolute atomic E-state index is 12.8. The molecule has 1 amide bonds. The Hall–Kier alpha value is -2.94. The number of methoxy groups -OCH3 is 2. The number of carbonyl (C=O) groups is 2. The fourth-order valence-corrected chi connectivity index (χ4v) is 5.41. The van der Waals surface area contributed by atoms with Crippen molar-refractivity contribution in [2.45, 2.75) is 70.8 Å². The van der Waals surface area contributed by atoms with Crippen LogP contribution in [0.25, 0.3) is 6.08 Å². The summed E-state index contributed by atoms with van der Waals surface area (Å²) in [6.45, 7) is 13.2. The summed E-state index contributed by atoms with van der Waals surface area (Å²) < 4.78 is 16.9. The largest absolute Gasteiger partial charge is 0.495 e. The fourth-order valence-electron chi connectivity index (χ4n) is 3.71. The molecule has 0 aliphatic carbocycles. The van der Waals surface area contributed by atoms with Crippen molar-refractivity contribution in [1.82, 2.24) is 10.3 Å². The second-order valence-corrected chi connectivity index (χ2v) is 16.4. The molecule has 1 N–H and O–H groups in total. The minimum absolute atomic E-state index is 0.0366. The van der Waals surface area contributed by atoms with E-state index in [1.54, 1.807) is 30.5 Å². The van der Waals surface area contributed by atoms with Crippen molar-refractivity contribution in [2.24, 2.45) is 5.92 Å². The van der Waals surface area contributed by atoms with E-state index >= 15 is 0 Å². The number of rotatable bonds is 13. The Morgan fingerprint density at radius 2 is 1.88 bits per heavy atom. The summed E-state index contributed by atoms with van der Waals surface area (Å²) >= 11 is 6.23. The molecule has 0 unspecified atom stereocenters. The number of benzene rings is 1. The first-order valence-corrected chi connectivity index (χ1v) is 16.7. The highest BCUT2D eigenvalue weighted by molar-refractivity contribution is 6.74. The lowest BCUT2D eigenvalue weighted by Gasteiger charge is -2.40. The first kappa shape index (κ1) is 33.3. The molecule has 0 bridgehead atoms. The van der Waals surface area contributed by atoms with E-state index in [2.05, 4.69) is 57.2 Å². The molecule has 2 rings (SSSR count). The number of nitrogens with one attached hydrogen (secondary N) is 1. The molecule has 0 aliphatic rings. The van der Waals surface area contributed by atoms with Crippen molar-refractivity contribution >= 4 is 37.9 Å². The zero-order chi connectivity index (χ0) is 29.9. The third kappa shape index (κ3) is 10.2. The summed E-state index contributed by atoms with van der Waals surface area (Å²) in [5.74, 6) is -0.323. The van der Waals surface area contributed by atoms with Gasteiger partial charge in [-0.05, 0) is 72.5 Å². The summed E-state index contributed by atoms with van der Waals surface area (Å²) in [5.41, 5.74) is 1.64. The third-order valence-corrected chi connectivity index (χ3v) is 12.0. The van der Waals surface area contributed by atoms with Crippen molar-refractivity contribution in [3.8, 4) is 5.75 Å². The number of carbonyl (C=O) groups excluding carboxylic acids is 2. The van der Waals surface area contributed by atoms with Crippen LogP contribution in [0.5, 0.6) is 5.75 Å². The van der Waals surface area contributed by atoms with Gasteiger partial charge in [0.25, 0.3) is 0 Å². The molecule has 0 fully saturated rings. The number of pyridine rings is 1. The van der Waals surface area contributed by atoms with Gasteiger partial charge in [0.15, 0.2) is 8.32 Å². The first-order chi connectivity index (χ1) is 18.8. The lowest BCUT2D eigenvalue weighted by atomic mass is 10.0. The summed E-state index contributed by atoms with van der Waals surface area (Å²) in [6, 6.07) is 10.1. The highest BCUT2D eigenvalue weighted by atomic mass is 35.5. The van der Waals surface area contributed by atoms with Gasteiger partial charge in [-0.2, -0.15) is 0 Å². The monoisotopic (exact) mass is 586 g/mol. The Morgan fingerprint density at radius 3 is 2.45 bits per heavy atom. The number of aromatic nitrogens is 1. The zero-order valence-corrected chi connectivity index (χ0v) is 26.6. The molecule has 7 nitrogen and oxygen atoms in total. The summed E-state index contributed by atoms with van der Waals surface area (Å²) in [6.07, 6.45) is 9.73.